The number of nitrogens with one attached hydrogen (secondary N) is 1. The first-order valence-electron chi connectivity index (χ1n) is 13.7. The zero-order chi connectivity index (χ0) is 25.7. The number of halogens is 1. The molecule has 5 rings (SSSR count). The highest BCUT2D eigenvalue weighted by molar-refractivity contribution is 5.47. The SMILES string of the molecule is CC1(OCc2ccc(F)cc2C(CO)N2CC[C@@H](OCCCCc3ccc4c(n3)NCCC4)C2)COC1. The molecule has 2 aromatic rings. The Bertz CT molecular complexity index is 1050. The summed E-state index contributed by atoms with van der Waals surface area (Å²) in [4.78, 5) is 6.99. The lowest BCUT2D eigenvalue weighted by molar-refractivity contribution is -0.204. The smallest absolute Gasteiger partial charge is 0.129 e. The van der Waals surface area contributed by atoms with Crippen LogP contribution in [0.5, 0.6) is 0 Å². The predicted octanol–water partition coefficient (Wildman–Crippen LogP) is 4.03. The van der Waals surface area contributed by atoms with Crippen LogP contribution in [0.3, 0.4) is 0 Å². The highest BCUT2D eigenvalue weighted by Gasteiger charge is 2.35. The Morgan fingerprint density at radius 1 is 1.27 bits per heavy atom. The van der Waals surface area contributed by atoms with Crippen LogP contribution in [0.4, 0.5) is 10.2 Å². The Hall–Kier alpha value is -2.10. The van der Waals surface area contributed by atoms with Crippen LogP contribution in [-0.4, -0.2) is 72.8 Å². The number of aliphatic hydroxyl groups is 1. The Labute approximate surface area is 219 Å². The zero-order valence-electron chi connectivity index (χ0n) is 21.9. The molecule has 202 valence electrons. The van der Waals surface area contributed by atoms with Gasteiger partial charge in [-0.2, -0.15) is 0 Å². The fourth-order valence-electron chi connectivity index (χ4n) is 5.48. The van der Waals surface area contributed by atoms with Gasteiger partial charge in [-0.15, -0.1) is 0 Å². The first-order valence-corrected chi connectivity index (χ1v) is 13.7. The van der Waals surface area contributed by atoms with Gasteiger partial charge in [-0.1, -0.05) is 12.1 Å². The highest BCUT2D eigenvalue weighted by atomic mass is 19.1. The summed E-state index contributed by atoms with van der Waals surface area (Å²) in [6.07, 6.45) is 6.30. The molecule has 0 spiro atoms. The maximum absolute atomic E-state index is 14.2. The normalized spacial score (nSPS) is 21.8. The molecule has 3 aliphatic heterocycles. The standard InChI is InChI=1S/C29H40FN3O4/c1-29(19-35-20-29)37-18-22-7-9-23(30)15-26(22)27(17-34)33-13-11-25(16-33)36-14-3-2-6-24-10-8-21-5-4-12-31-28(21)32-24/h7-10,15,25,27,34H,2-6,11-14,16-20H2,1H3,(H,31,32)/t25-,27?/m1/s1. The second-order valence-electron chi connectivity index (χ2n) is 10.8. The van der Waals surface area contributed by atoms with E-state index in [1.54, 1.807) is 6.07 Å². The summed E-state index contributed by atoms with van der Waals surface area (Å²) < 4.78 is 31.7. The van der Waals surface area contributed by atoms with E-state index in [-0.39, 0.29) is 30.2 Å². The third-order valence-corrected chi connectivity index (χ3v) is 7.78. The number of pyridine rings is 1. The van der Waals surface area contributed by atoms with Gasteiger partial charge in [-0.25, -0.2) is 9.37 Å². The summed E-state index contributed by atoms with van der Waals surface area (Å²) in [6.45, 7) is 6.71. The van der Waals surface area contributed by atoms with Gasteiger partial charge in [0.2, 0.25) is 0 Å². The van der Waals surface area contributed by atoms with Gasteiger partial charge in [0.15, 0.2) is 0 Å². The number of anilines is 1. The van der Waals surface area contributed by atoms with Gasteiger partial charge in [0.1, 0.15) is 17.2 Å². The van der Waals surface area contributed by atoms with Crippen molar-refractivity contribution in [3.8, 4) is 0 Å². The van der Waals surface area contributed by atoms with Crippen LogP contribution < -0.4 is 5.32 Å². The average Bonchev–Trinajstić information content (AvgIpc) is 3.35. The third-order valence-electron chi connectivity index (χ3n) is 7.78. The van der Waals surface area contributed by atoms with Crippen LogP contribution >= 0.6 is 0 Å². The topological polar surface area (TPSA) is 76.1 Å². The molecule has 2 saturated heterocycles. The highest BCUT2D eigenvalue weighted by Crippen LogP contribution is 2.31. The summed E-state index contributed by atoms with van der Waals surface area (Å²) in [7, 11) is 0. The molecular weight excluding hydrogens is 473 g/mol. The van der Waals surface area contributed by atoms with Gasteiger partial charge >= 0.3 is 0 Å². The molecule has 7 nitrogen and oxygen atoms in total. The van der Waals surface area contributed by atoms with Crippen molar-refractivity contribution < 1.29 is 23.7 Å². The van der Waals surface area contributed by atoms with Crippen molar-refractivity contribution >= 4 is 5.82 Å². The zero-order valence-corrected chi connectivity index (χ0v) is 21.9. The molecule has 0 aliphatic carbocycles. The largest absolute Gasteiger partial charge is 0.394 e. The lowest BCUT2D eigenvalue weighted by atomic mass is 9.99. The Balaban J connectivity index is 1.08. The number of fused-ring (bicyclic) bond motifs is 1. The first kappa shape index (κ1) is 26.5. The number of aliphatic hydroxyl groups excluding tert-OH is 1. The predicted molar refractivity (Wildman–Crippen MR) is 140 cm³/mol. The van der Waals surface area contributed by atoms with Crippen LogP contribution in [0.2, 0.25) is 0 Å². The van der Waals surface area contributed by atoms with Crippen LogP contribution in [0.1, 0.15) is 61.0 Å². The molecule has 0 amide bonds. The summed E-state index contributed by atoms with van der Waals surface area (Å²) in [6, 6.07) is 8.86. The van der Waals surface area contributed by atoms with Crippen molar-refractivity contribution in [3.05, 3.63) is 58.5 Å². The van der Waals surface area contributed by atoms with Crippen molar-refractivity contribution in [1.82, 2.24) is 9.88 Å². The maximum atomic E-state index is 14.2. The van der Waals surface area contributed by atoms with Gasteiger partial charge in [-0.05, 0) is 80.3 Å². The van der Waals surface area contributed by atoms with E-state index >= 15 is 0 Å². The number of aryl methyl sites for hydroxylation is 2. The molecule has 1 aromatic heterocycles. The Morgan fingerprint density at radius 3 is 2.97 bits per heavy atom. The second kappa shape index (κ2) is 12.2. The number of unbranched alkanes of at least 4 members (excludes halogenated alkanes) is 1. The second-order valence-corrected chi connectivity index (χ2v) is 10.8. The van der Waals surface area contributed by atoms with Gasteiger partial charge in [0.05, 0.1) is 38.6 Å². The molecule has 0 radical (unpaired) electrons. The summed E-state index contributed by atoms with van der Waals surface area (Å²) in [5.41, 5.74) is 3.87. The Morgan fingerprint density at radius 2 is 2.16 bits per heavy atom. The van der Waals surface area contributed by atoms with E-state index in [0.717, 1.165) is 74.4 Å². The first-order chi connectivity index (χ1) is 18.0. The lowest BCUT2D eigenvalue weighted by Crippen LogP contribution is -2.49. The number of ether oxygens (including phenoxy) is 3. The molecule has 4 heterocycles. The third kappa shape index (κ3) is 6.67. The molecule has 0 saturated carbocycles. The van der Waals surface area contributed by atoms with Crippen LogP contribution in [0.15, 0.2) is 30.3 Å². The fraction of sp³-hybridized carbons (Fsp3) is 0.621. The lowest BCUT2D eigenvalue weighted by Gasteiger charge is -2.38. The van der Waals surface area contributed by atoms with Gasteiger partial charge in [-0.3, -0.25) is 4.90 Å². The molecule has 3 aliphatic rings. The summed E-state index contributed by atoms with van der Waals surface area (Å²) in [5.74, 6) is 0.760. The monoisotopic (exact) mass is 513 g/mol. The van der Waals surface area contributed by atoms with Gasteiger partial charge < -0.3 is 24.6 Å². The minimum Gasteiger partial charge on any atom is -0.394 e. The molecule has 1 aromatic carbocycles. The molecule has 37 heavy (non-hydrogen) atoms. The number of rotatable bonds is 12. The molecule has 2 atom stereocenters. The number of likely N-dealkylation sites (tertiary alicyclic amines) is 1. The van der Waals surface area contributed by atoms with Crippen molar-refractivity contribution in [3.63, 3.8) is 0 Å². The van der Waals surface area contributed by atoms with E-state index in [9.17, 15) is 9.50 Å². The number of aromatic nitrogens is 1. The van der Waals surface area contributed by atoms with Crippen LogP contribution in [-0.2, 0) is 33.7 Å². The van der Waals surface area contributed by atoms with Crippen molar-refractivity contribution in [1.29, 1.82) is 0 Å². The average molecular weight is 514 g/mol. The van der Waals surface area contributed by atoms with Crippen molar-refractivity contribution in [2.75, 3.05) is 51.4 Å². The molecule has 2 N–H and O–H groups in total. The minimum absolute atomic E-state index is 0.0772. The summed E-state index contributed by atoms with van der Waals surface area (Å²) >= 11 is 0. The number of nitrogens with zero attached hydrogens (tertiary/aromatic N) is 2. The van der Waals surface area contributed by atoms with E-state index in [1.807, 2.05) is 6.92 Å². The Kier molecular flexibility index (Phi) is 8.72. The maximum Gasteiger partial charge on any atom is 0.129 e. The van der Waals surface area contributed by atoms with Gasteiger partial charge in [0, 0.05) is 31.9 Å². The fourth-order valence-corrected chi connectivity index (χ4v) is 5.48. The van der Waals surface area contributed by atoms with Crippen molar-refractivity contribution in [2.24, 2.45) is 0 Å². The molecule has 1 unspecified atom stereocenters. The molecule has 8 heteroatoms. The van der Waals surface area contributed by atoms with Crippen molar-refractivity contribution in [2.45, 2.75) is 69.8 Å². The van der Waals surface area contributed by atoms with E-state index in [4.69, 9.17) is 19.2 Å². The van der Waals surface area contributed by atoms with Crippen LogP contribution in [0.25, 0.3) is 0 Å². The van der Waals surface area contributed by atoms with Crippen LogP contribution in [0, 0.1) is 5.82 Å². The molecule has 0 bridgehead atoms. The van der Waals surface area contributed by atoms with E-state index in [0.29, 0.717) is 26.4 Å². The van der Waals surface area contributed by atoms with E-state index < -0.39 is 0 Å². The van der Waals surface area contributed by atoms with E-state index in [2.05, 4.69) is 22.3 Å². The summed E-state index contributed by atoms with van der Waals surface area (Å²) in [5, 5.41) is 13.7. The number of hydrogen-bond acceptors (Lipinski definition) is 7. The van der Waals surface area contributed by atoms with Gasteiger partial charge in [0.25, 0.3) is 0 Å². The van der Waals surface area contributed by atoms with E-state index in [1.165, 1.54) is 24.1 Å². The quantitative estimate of drug-likeness (QED) is 0.415. The molecule has 2 fully saturated rings. The molecular formula is C29H40FN3O4. The number of hydrogen-bond donors (Lipinski definition) is 2. The number of benzene rings is 1. The minimum atomic E-state index is -0.299.